The molecule has 0 bridgehead atoms. The largest absolute Gasteiger partial charge is 0.365 e. The molecule has 18 heavy (non-hydrogen) atoms. The number of carbonyl (C=O) groups excluding carboxylic acids is 1. The molecule has 1 N–H and O–H groups in total. The maximum atomic E-state index is 12.0. The maximum Gasteiger partial charge on any atom is 0.251 e. The van der Waals surface area contributed by atoms with Gasteiger partial charge in [0.1, 0.15) is 15.6 Å². The van der Waals surface area contributed by atoms with E-state index >= 15 is 0 Å². The van der Waals surface area contributed by atoms with Crippen LogP contribution >= 0.6 is 11.3 Å². The van der Waals surface area contributed by atoms with Gasteiger partial charge in [0, 0.05) is 19.6 Å². The minimum Gasteiger partial charge on any atom is -0.365 e. The van der Waals surface area contributed by atoms with Gasteiger partial charge in [0.15, 0.2) is 0 Å². The van der Waals surface area contributed by atoms with Gasteiger partial charge >= 0.3 is 0 Å². The molecule has 1 aromatic rings. The molecular weight excluding hydrogens is 250 g/mol. The van der Waals surface area contributed by atoms with Crippen molar-refractivity contribution in [1.82, 2.24) is 15.5 Å². The molecule has 100 valence electrons. The summed E-state index contributed by atoms with van der Waals surface area (Å²) in [6.07, 6.45) is 3.64. The Labute approximate surface area is 111 Å². The number of aryl methyl sites for hydroxylation is 1. The molecule has 1 aliphatic rings. The lowest BCUT2D eigenvalue weighted by Gasteiger charge is -2.32. The minimum atomic E-state index is -0.644. The molecular formula is C12H19N3O2S. The van der Waals surface area contributed by atoms with Gasteiger partial charge in [0.2, 0.25) is 0 Å². The van der Waals surface area contributed by atoms with Gasteiger partial charge in [-0.15, -0.1) is 21.5 Å². The van der Waals surface area contributed by atoms with Crippen LogP contribution in [0.15, 0.2) is 0 Å². The van der Waals surface area contributed by atoms with Crippen LogP contribution < -0.4 is 5.32 Å². The Morgan fingerprint density at radius 3 is 2.94 bits per heavy atom. The van der Waals surface area contributed by atoms with Gasteiger partial charge < -0.3 is 10.1 Å². The summed E-state index contributed by atoms with van der Waals surface area (Å²) in [7, 11) is 0. The molecule has 0 radical (unpaired) electrons. The second-order valence-corrected chi connectivity index (χ2v) is 6.02. The fourth-order valence-electron chi connectivity index (χ4n) is 2.02. The Bertz CT molecular complexity index is 413. The first-order chi connectivity index (χ1) is 8.60. The Morgan fingerprint density at radius 1 is 1.50 bits per heavy atom. The van der Waals surface area contributed by atoms with Crippen molar-refractivity contribution >= 4 is 17.2 Å². The molecule has 1 amide bonds. The molecule has 1 fully saturated rings. The molecule has 0 aliphatic carbocycles. The van der Waals surface area contributed by atoms with E-state index in [1.807, 2.05) is 13.8 Å². The average Bonchev–Trinajstić information content (AvgIpc) is 2.76. The van der Waals surface area contributed by atoms with Crippen LogP contribution in [0.3, 0.4) is 0 Å². The number of hydrogen-bond donors (Lipinski definition) is 1. The Balaban J connectivity index is 1.77. The van der Waals surface area contributed by atoms with Gasteiger partial charge in [0.05, 0.1) is 0 Å². The van der Waals surface area contributed by atoms with Crippen molar-refractivity contribution in [2.24, 2.45) is 0 Å². The predicted octanol–water partition coefficient (Wildman–Crippen LogP) is 1.46. The zero-order chi connectivity index (χ0) is 13.0. The number of ether oxygens (including phenoxy) is 1. The van der Waals surface area contributed by atoms with Gasteiger partial charge in [0.25, 0.3) is 5.91 Å². The zero-order valence-corrected chi connectivity index (χ0v) is 11.7. The highest BCUT2D eigenvalue weighted by molar-refractivity contribution is 7.11. The van der Waals surface area contributed by atoms with Crippen LogP contribution in [0.1, 0.15) is 36.2 Å². The molecule has 0 saturated carbocycles. The van der Waals surface area contributed by atoms with Gasteiger partial charge in [-0.1, -0.05) is 0 Å². The third kappa shape index (κ3) is 3.26. The summed E-state index contributed by atoms with van der Waals surface area (Å²) in [5.74, 6) is -0.0107. The van der Waals surface area contributed by atoms with Crippen molar-refractivity contribution in [3.63, 3.8) is 0 Å². The van der Waals surface area contributed by atoms with E-state index in [4.69, 9.17) is 4.74 Å². The van der Waals surface area contributed by atoms with Crippen LogP contribution in [0.25, 0.3) is 0 Å². The standard InChI is InChI=1S/C12H19N3O2S/c1-9-14-15-10(18-9)5-7-13-11(16)12(2)6-3-4-8-17-12/h3-8H2,1-2H3,(H,13,16). The lowest BCUT2D eigenvalue weighted by molar-refractivity contribution is -0.150. The SMILES string of the molecule is Cc1nnc(CCNC(=O)C2(C)CCCCO2)s1. The Kier molecular flexibility index (Phi) is 4.29. The first-order valence-corrected chi connectivity index (χ1v) is 7.13. The summed E-state index contributed by atoms with van der Waals surface area (Å²) in [4.78, 5) is 12.0. The van der Waals surface area contributed by atoms with Crippen molar-refractivity contribution in [3.8, 4) is 0 Å². The molecule has 1 saturated heterocycles. The molecule has 5 nitrogen and oxygen atoms in total. The summed E-state index contributed by atoms with van der Waals surface area (Å²) in [5.41, 5.74) is -0.644. The van der Waals surface area contributed by atoms with Crippen LogP contribution in [0.2, 0.25) is 0 Å². The number of nitrogens with zero attached hydrogens (tertiary/aromatic N) is 2. The van der Waals surface area contributed by atoms with E-state index < -0.39 is 5.60 Å². The molecule has 1 aromatic heterocycles. The van der Waals surface area contributed by atoms with Crippen LogP contribution in [0.4, 0.5) is 0 Å². The van der Waals surface area contributed by atoms with Crippen LogP contribution in [-0.2, 0) is 16.0 Å². The highest BCUT2D eigenvalue weighted by Gasteiger charge is 2.35. The summed E-state index contributed by atoms with van der Waals surface area (Å²) >= 11 is 1.57. The zero-order valence-electron chi connectivity index (χ0n) is 10.9. The smallest absolute Gasteiger partial charge is 0.251 e. The highest BCUT2D eigenvalue weighted by Crippen LogP contribution is 2.24. The topological polar surface area (TPSA) is 64.1 Å². The lowest BCUT2D eigenvalue weighted by Crippen LogP contribution is -2.48. The van der Waals surface area contributed by atoms with Gasteiger partial charge in [-0.25, -0.2) is 0 Å². The second-order valence-electron chi connectivity index (χ2n) is 4.76. The van der Waals surface area contributed by atoms with E-state index in [1.165, 1.54) is 0 Å². The van der Waals surface area contributed by atoms with Crippen LogP contribution in [0, 0.1) is 6.92 Å². The Morgan fingerprint density at radius 2 is 2.33 bits per heavy atom. The van der Waals surface area contributed by atoms with Crippen molar-refractivity contribution in [2.75, 3.05) is 13.2 Å². The van der Waals surface area contributed by atoms with Crippen molar-refractivity contribution < 1.29 is 9.53 Å². The number of carbonyl (C=O) groups is 1. The lowest BCUT2D eigenvalue weighted by atomic mass is 9.95. The predicted molar refractivity (Wildman–Crippen MR) is 69.6 cm³/mol. The maximum absolute atomic E-state index is 12.0. The second kappa shape index (κ2) is 5.75. The third-order valence-corrected chi connectivity index (χ3v) is 4.04. The third-order valence-electron chi connectivity index (χ3n) is 3.14. The number of nitrogens with one attached hydrogen (secondary N) is 1. The molecule has 2 heterocycles. The number of aromatic nitrogens is 2. The summed E-state index contributed by atoms with van der Waals surface area (Å²) in [6, 6.07) is 0. The van der Waals surface area contributed by atoms with E-state index in [0.717, 1.165) is 35.7 Å². The minimum absolute atomic E-state index is 0.0107. The summed E-state index contributed by atoms with van der Waals surface area (Å²) < 4.78 is 5.60. The average molecular weight is 269 g/mol. The summed E-state index contributed by atoms with van der Waals surface area (Å²) in [6.45, 7) is 5.07. The fourth-order valence-corrected chi connectivity index (χ4v) is 2.73. The fraction of sp³-hybridized carbons (Fsp3) is 0.750. The van der Waals surface area contributed by atoms with Crippen molar-refractivity contribution in [2.45, 2.75) is 45.1 Å². The van der Waals surface area contributed by atoms with E-state index in [-0.39, 0.29) is 5.91 Å². The first kappa shape index (κ1) is 13.4. The molecule has 2 rings (SSSR count). The van der Waals surface area contributed by atoms with Gasteiger partial charge in [-0.3, -0.25) is 4.79 Å². The van der Waals surface area contributed by atoms with E-state index in [9.17, 15) is 4.79 Å². The molecule has 0 spiro atoms. The monoisotopic (exact) mass is 269 g/mol. The number of amides is 1. The van der Waals surface area contributed by atoms with E-state index in [2.05, 4.69) is 15.5 Å². The quantitative estimate of drug-likeness (QED) is 0.899. The van der Waals surface area contributed by atoms with Crippen molar-refractivity contribution in [1.29, 1.82) is 0 Å². The van der Waals surface area contributed by atoms with Gasteiger partial charge in [-0.2, -0.15) is 0 Å². The number of rotatable bonds is 4. The molecule has 1 aliphatic heterocycles. The Hall–Kier alpha value is -1.01. The molecule has 6 heteroatoms. The normalized spacial score (nSPS) is 23.9. The van der Waals surface area contributed by atoms with Gasteiger partial charge in [-0.05, 0) is 33.1 Å². The molecule has 1 atom stereocenters. The first-order valence-electron chi connectivity index (χ1n) is 6.31. The van der Waals surface area contributed by atoms with E-state index in [0.29, 0.717) is 13.2 Å². The van der Waals surface area contributed by atoms with E-state index in [1.54, 1.807) is 11.3 Å². The molecule has 1 unspecified atom stereocenters. The van der Waals surface area contributed by atoms with Crippen LogP contribution in [0.5, 0.6) is 0 Å². The summed E-state index contributed by atoms with van der Waals surface area (Å²) in [5, 5.41) is 12.8. The van der Waals surface area contributed by atoms with Crippen LogP contribution in [-0.4, -0.2) is 34.9 Å². The highest BCUT2D eigenvalue weighted by atomic mass is 32.1. The number of hydrogen-bond acceptors (Lipinski definition) is 5. The van der Waals surface area contributed by atoms with Crippen molar-refractivity contribution in [3.05, 3.63) is 10.0 Å². The molecule has 0 aromatic carbocycles.